The Kier molecular flexibility index (Phi) is 4.52. The summed E-state index contributed by atoms with van der Waals surface area (Å²) in [6.45, 7) is 2.32. The van der Waals surface area contributed by atoms with Crippen molar-refractivity contribution in [2.45, 2.75) is 70.1 Å². The Labute approximate surface area is 131 Å². The molecule has 2 nitrogen and oxygen atoms in total. The number of rotatable bonds is 2. The fourth-order valence-electron chi connectivity index (χ4n) is 3.68. The van der Waals surface area contributed by atoms with Crippen molar-refractivity contribution in [1.82, 2.24) is 9.97 Å². The van der Waals surface area contributed by atoms with E-state index in [-0.39, 0.29) is 0 Å². The Balaban J connectivity index is 1.83. The Morgan fingerprint density at radius 2 is 1.35 bits per heavy atom. The van der Waals surface area contributed by atoms with Crippen molar-refractivity contribution >= 4 is 23.2 Å². The monoisotopic (exact) mass is 312 g/mol. The van der Waals surface area contributed by atoms with E-state index in [4.69, 9.17) is 23.2 Å². The molecule has 0 spiro atoms. The standard InChI is InChI=1S/C16H22Cl2N2/c1-10-6-8-12(9-7-10)16-19-14(17)13(15(18)20-16)11-4-2-3-5-11/h10-12H,2-9H2,1H3. The topological polar surface area (TPSA) is 25.8 Å². The van der Waals surface area contributed by atoms with Crippen LogP contribution in [0.3, 0.4) is 0 Å². The molecule has 2 saturated carbocycles. The molecule has 2 aliphatic carbocycles. The molecule has 4 heteroatoms. The highest BCUT2D eigenvalue weighted by atomic mass is 35.5. The van der Waals surface area contributed by atoms with E-state index >= 15 is 0 Å². The average Bonchev–Trinajstić information content (AvgIpc) is 2.92. The summed E-state index contributed by atoms with van der Waals surface area (Å²) in [6.07, 6.45) is 9.71. The van der Waals surface area contributed by atoms with Gasteiger partial charge in [-0.1, -0.05) is 55.8 Å². The van der Waals surface area contributed by atoms with Crippen LogP contribution in [0.15, 0.2) is 0 Å². The van der Waals surface area contributed by atoms with Crippen LogP contribution in [0.1, 0.15) is 81.5 Å². The second-order valence-corrected chi connectivity index (χ2v) is 7.23. The Hall–Kier alpha value is -0.340. The first kappa shape index (κ1) is 14.6. The third-order valence-corrected chi connectivity index (χ3v) is 5.59. The van der Waals surface area contributed by atoms with Crippen LogP contribution >= 0.6 is 23.2 Å². The predicted molar refractivity (Wildman–Crippen MR) is 83.6 cm³/mol. The maximum atomic E-state index is 6.43. The van der Waals surface area contributed by atoms with Crippen molar-refractivity contribution < 1.29 is 0 Å². The van der Waals surface area contributed by atoms with E-state index in [1.54, 1.807) is 0 Å². The molecule has 0 amide bonds. The molecule has 0 saturated heterocycles. The molecule has 0 bridgehead atoms. The van der Waals surface area contributed by atoms with Gasteiger partial charge in [-0.3, -0.25) is 0 Å². The summed E-state index contributed by atoms with van der Waals surface area (Å²) >= 11 is 12.9. The van der Waals surface area contributed by atoms with Crippen molar-refractivity contribution in [3.8, 4) is 0 Å². The van der Waals surface area contributed by atoms with Crippen LogP contribution in [0.2, 0.25) is 10.3 Å². The number of nitrogens with zero attached hydrogens (tertiary/aromatic N) is 2. The molecule has 3 rings (SSSR count). The van der Waals surface area contributed by atoms with Gasteiger partial charge >= 0.3 is 0 Å². The van der Waals surface area contributed by atoms with Gasteiger partial charge in [0, 0.05) is 11.5 Å². The average molecular weight is 313 g/mol. The van der Waals surface area contributed by atoms with Crippen LogP contribution in [-0.2, 0) is 0 Å². The van der Waals surface area contributed by atoms with Crippen LogP contribution in [0.5, 0.6) is 0 Å². The quantitative estimate of drug-likeness (QED) is 0.651. The van der Waals surface area contributed by atoms with E-state index in [1.165, 1.54) is 38.5 Å². The largest absolute Gasteiger partial charge is 0.221 e. The normalized spacial score (nSPS) is 27.9. The lowest BCUT2D eigenvalue weighted by molar-refractivity contribution is 0.339. The molecule has 2 fully saturated rings. The van der Waals surface area contributed by atoms with Crippen molar-refractivity contribution in [2.24, 2.45) is 5.92 Å². The van der Waals surface area contributed by atoms with Gasteiger partial charge in [0.05, 0.1) is 0 Å². The summed E-state index contributed by atoms with van der Waals surface area (Å²) in [5, 5.41) is 1.20. The van der Waals surface area contributed by atoms with Crippen molar-refractivity contribution in [3.63, 3.8) is 0 Å². The van der Waals surface area contributed by atoms with Gasteiger partial charge in [0.15, 0.2) is 0 Å². The highest BCUT2D eigenvalue weighted by Gasteiger charge is 2.27. The van der Waals surface area contributed by atoms with E-state index in [1.807, 2.05) is 0 Å². The molecule has 0 unspecified atom stereocenters. The van der Waals surface area contributed by atoms with Crippen LogP contribution < -0.4 is 0 Å². The van der Waals surface area contributed by atoms with Gasteiger partial charge in [0.1, 0.15) is 16.1 Å². The molecule has 0 atom stereocenters. The lowest BCUT2D eigenvalue weighted by Crippen LogP contribution is -2.14. The number of hydrogen-bond donors (Lipinski definition) is 0. The fourth-order valence-corrected chi connectivity index (χ4v) is 4.39. The van der Waals surface area contributed by atoms with Gasteiger partial charge in [-0.15, -0.1) is 0 Å². The van der Waals surface area contributed by atoms with E-state index in [0.717, 1.165) is 30.1 Å². The zero-order valence-electron chi connectivity index (χ0n) is 12.0. The van der Waals surface area contributed by atoms with Gasteiger partial charge in [-0.2, -0.15) is 0 Å². The van der Waals surface area contributed by atoms with Crippen LogP contribution in [0, 0.1) is 5.92 Å². The van der Waals surface area contributed by atoms with Crippen molar-refractivity contribution in [1.29, 1.82) is 0 Å². The minimum atomic E-state index is 0.443. The summed E-state index contributed by atoms with van der Waals surface area (Å²) in [5.41, 5.74) is 0.999. The molecule has 1 heterocycles. The van der Waals surface area contributed by atoms with Gasteiger partial charge in [-0.25, -0.2) is 9.97 Å². The SMILES string of the molecule is CC1CCC(c2nc(Cl)c(C3CCCC3)c(Cl)n2)CC1. The highest BCUT2D eigenvalue weighted by molar-refractivity contribution is 6.34. The maximum absolute atomic E-state index is 6.43. The second-order valence-electron chi connectivity index (χ2n) is 6.52. The molecule has 0 radical (unpaired) electrons. The zero-order valence-corrected chi connectivity index (χ0v) is 13.6. The van der Waals surface area contributed by atoms with Gasteiger partial charge in [-0.05, 0) is 37.5 Å². The molecular weight excluding hydrogens is 291 g/mol. The highest BCUT2D eigenvalue weighted by Crippen LogP contribution is 2.41. The predicted octanol–water partition coefficient (Wildman–Crippen LogP) is 5.73. The molecule has 1 aromatic heterocycles. The molecule has 0 aromatic carbocycles. The third-order valence-electron chi connectivity index (χ3n) is 5.01. The Bertz CT molecular complexity index is 452. The first-order valence-corrected chi connectivity index (χ1v) is 8.63. The smallest absolute Gasteiger partial charge is 0.137 e. The van der Waals surface area contributed by atoms with Crippen LogP contribution in [0.25, 0.3) is 0 Å². The van der Waals surface area contributed by atoms with E-state index in [2.05, 4.69) is 16.9 Å². The summed E-state index contributed by atoms with van der Waals surface area (Å²) in [5.74, 6) is 2.61. The van der Waals surface area contributed by atoms with Crippen LogP contribution in [0.4, 0.5) is 0 Å². The van der Waals surface area contributed by atoms with Gasteiger partial charge in [0.2, 0.25) is 0 Å². The minimum absolute atomic E-state index is 0.443. The van der Waals surface area contributed by atoms with Crippen LogP contribution in [-0.4, -0.2) is 9.97 Å². The third kappa shape index (κ3) is 2.96. The molecule has 2 aliphatic rings. The van der Waals surface area contributed by atoms with Crippen molar-refractivity contribution in [3.05, 3.63) is 21.7 Å². The number of halogens is 2. The summed E-state index contributed by atoms with van der Waals surface area (Å²) < 4.78 is 0. The lowest BCUT2D eigenvalue weighted by Gasteiger charge is -2.25. The molecule has 0 N–H and O–H groups in total. The molecular formula is C16H22Cl2N2. The lowest BCUT2D eigenvalue weighted by atomic mass is 9.82. The summed E-state index contributed by atoms with van der Waals surface area (Å²) in [7, 11) is 0. The Morgan fingerprint density at radius 3 is 1.90 bits per heavy atom. The summed E-state index contributed by atoms with van der Waals surface area (Å²) in [4.78, 5) is 9.19. The second kappa shape index (κ2) is 6.19. The maximum Gasteiger partial charge on any atom is 0.137 e. The number of hydrogen-bond acceptors (Lipinski definition) is 2. The first-order chi connectivity index (χ1) is 9.65. The molecule has 1 aromatic rings. The summed E-state index contributed by atoms with van der Waals surface area (Å²) in [6, 6.07) is 0. The van der Waals surface area contributed by atoms with Gasteiger partial charge in [0.25, 0.3) is 0 Å². The zero-order chi connectivity index (χ0) is 14.1. The molecule has 0 aliphatic heterocycles. The molecule has 110 valence electrons. The number of aromatic nitrogens is 2. The van der Waals surface area contributed by atoms with E-state index in [0.29, 0.717) is 22.1 Å². The van der Waals surface area contributed by atoms with E-state index < -0.39 is 0 Å². The molecule has 20 heavy (non-hydrogen) atoms. The minimum Gasteiger partial charge on any atom is -0.221 e. The first-order valence-electron chi connectivity index (χ1n) is 7.88. The fraction of sp³-hybridized carbons (Fsp3) is 0.750. The van der Waals surface area contributed by atoms with Gasteiger partial charge < -0.3 is 0 Å². The van der Waals surface area contributed by atoms with E-state index in [9.17, 15) is 0 Å². The van der Waals surface area contributed by atoms with Crippen molar-refractivity contribution in [2.75, 3.05) is 0 Å². The Morgan fingerprint density at radius 1 is 0.800 bits per heavy atom.